The Labute approximate surface area is 170 Å². The van der Waals surface area contributed by atoms with Crippen molar-refractivity contribution in [3.05, 3.63) is 17.7 Å². The summed E-state index contributed by atoms with van der Waals surface area (Å²) in [5.41, 5.74) is 0.150. The molecular weight excluding hydrogens is 402 g/mol. The van der Waals surface area contributed by atoms with Crippen LogP contribution in [0.2, 0.25) is 0 Å². The molecule has 1 amide bonds. The summed E-state index contributed by atoms with van der Waals surface area (Å²) in [6.45, 7) is 6.01. The predicted molar refractivity (Wildman–Crippen MR) is 105 cm³/mol. The van der Waals surface area contributed by atoms with E-state index in [0.717, 1.165) is 0 Å². The Balaban J connectivity index is 2.06. The first-order valence-electron chi connectivity index (χ1n) is 9.52. The second kappa shape index (κ2) is 10.3. The second-order valence-electron chi connectivity index (χ2n) is 6.34. The number of amides is 1. The van der Waals surface area contributed by atoms with Gasteiger partial charge in [0.15, 0.2) is 27.9 Å². The third-order valence-corrected chi connectivity index (χ3v) is 5.84. The molecule has 29 heavy (non-hydrogen) atoms. The van der Waals surface area contributed by atoms with Crippen LogP contribution in [-0.4, -0.2) is 64.3 Å². The highest BCUT2D eigenvalue weighted by Gasteiger charge is 2.29. The van der Waals surface area contributed by atoms with Gasteiger partial charge >= 0.3 is 5.97 Å². The van der Waals surface area contributed by atoms with Crippen molar-refractivity contribution in [2.45, 2.75) is 33.2 Å². The molecule has 1 atom stereocenters. The highest BCUT2D eigenvalue weighted by atomic mass is 32.2. The van der Waals surface area contributed by atoms with E-state index in [1.165, 1.54) is 12.1 Å². The Kier molecular flexibility index (Phi) is 8.12. The smallest absolute Gasteiger partial charge is 0.338 e. The third-order valence-electron chi connectivity index (χ3n) is 4.08. The van der Waals surface area contributed by atoms with Crippen molar-refractivity contribution in [3.63, 3.8) is 0 Å². The highest BCUT2D eigenvalue weighted by molar-refractivity contribution is 7.91. The zero-order valence-electron chi connectivity index (χ0n) is 16.9. The molecule has 10 heteroatoms. The SMILES string of the molecule is CCOc1cc(C(=O)OCC(=O)N[C@H]2CCS(=O)(=O)C2)cc(OCC)c1OCC. The van der Waals surface area contributed by atoms with Crippen LogP contribution in [0.3, 0.4) is 0 Å². The molecule has 1 fully saturated rings. The number of ether oxygens (including phenoxy) is 4. The van der Waals surface area contributed by atoms with Crippen molar-refractivity contribution in [1.82, 2.24) is 5.32 Å². The van der Waals surface area contributed by atoms with Gasteiger partial charge in [-0.15, -0.1) is 0 Å². The standard InChI is InChI=1S/C19H27NO8S/c1-4-25-15-9-13(10-16(26-5-2)18(15)27-6-3)19(22)28-11-17(21)20-14-7-8-29(23,24)12-14/h9-10,14H,4-8,11-12H2,1-3H3,(H,20,21)/t14-/m0/s1. The van der Waals surface area contributed by atoms with E-state index >= 15 is 0 Å². The zero-order valence-corrected chi connectivity index (χ0v) is 17.7. The topological polar surface area (TPSA) is 117 Å². The van der Waals surface area contributed by atoms with E-state index in [-0.39, 0.29) is 17.1 Å². The third kappa shape index (κ3) is 6.52. The molecule has 162 valence electrons. The number of carbonyl (C=O) groups is 2. The first-order valence-corrected chi connectivity index (χ1v) is 11.3. The van der Waals surface area contributed by atoms with Crippen molar-refractivity contribution >= 4 is 21.7 Å². The van der Waals surface area contributed by atoms with E-state index in [4.69, 9.17) is 18.9 Å². The molecule has 0 radical (unpaired) electrons. The minimum atomic E-state index is -3.11. The first kappa shape index (κ1) is 22.8. The van der Waals surface area contributed by atoms with Crippen LogP contribution in [-0.2, 0) is 19.4 Å². The summed E-state index contributed by atoms with van der Waals surface area (Å²) in [5, 5.41) is 2.57. The largest absolute Gasteiger partial charge is 0.490 e. The number of rotatable bonds is 10. The molecule has 0 aliphatic carbocycles. The molecule has 0 spiro atoms. The van der Waals surface area contributed by atoms with Gasteiger partial charge in [-0.1, -0.05) is 0 Å². The lowest BCUT2D eigenvalue weighted by Crippen LogP contribution is -2.38. The van der Waals surface area contributed by atoms with Crippen LogP contribution >= 0.6 is 0 Å². The fraction of sp³-hybridized carbons (Fsp3) is 0.579. The van der Waals surface area contributed by atoms with Crippen molar-refractivity contribution in [2.24, 2.45) is 0 Å². The summed E-state index contributed by atoms with van der Waals surface area (Å²) in [4.78, 5) is 24.4. The Morgan fingerprint density at radius 1 is 1.03 bits per heavy atom. The molecule has 0 unspecified atom stereocenters. The van der Waals surface area contributed by atoms with Crippen molar-refractivity contribution in [1.29, 1.82) is 0 Å². The van der Waals surface area contributed by atoms with Gasteiger partial charge in [-0.2, -0.15) is 0 Å². The van der Waals surface area contributed by atoms with Crippen molar-refractivity contribution in [2.75, 3.05) is 37.9 Å². The van der Waals surface area contributed by atoms with Crippen LogP contribution in [0.5, 0.6) is 17.2 Å². The fourth-order valence-corrected chi connectivity index (χ4v) is 4.57. The number of carbonyl (C=O) groups excluding carboxylic acids is 2. The zero-order chi connectivity index (χ0) is 21.4. The van der Waals surface area contributed by atoms with Crippen LogP contribution in [0.1, 0.15) is 37.6 Å². The van der Waals surface area contributed by atoms with Crippen LogP contribution in [0, 0.1) is 0 Å². The lowest BCUT2D eigenvalue weighted by atomic mass is 10.2. The van der Waals surface area contributed by atoms with E-state index < -0.39 is 34.4 Å². The highest BCUT2D eigenvalue weighted by Crippen LogP contribution is 2.39. The molecule has 0 aromatic heterocycles. The summed E-state index contributed by atoms with van der Waals surface area (Å²) < 4.78 is 44.6. The Morgan fingerprint density at radius 2 is 1.62 bits per heavy atom. The van der Waals surface area contributed by atoms with E-state index in [0.29, 0.717) is 43.5 Å². The maximum absolute atomic E-state index is 12.4. The van der Waals surface area contributed by atoms with Crippen molar-refractivity contribution in [3.8, 4) is 17.2 Å². The monoisotopic (exact) mass is 429 g/mol. The summed E-state index contributed by atoms with van der Waals surface area (Å²) in [5.74, 6) is -0.259. The lowest BCUT2D eigenvalue weighted by Gasteiger charge is -2.17. The van der Waals surface area contributed by atoms with E-state index in [2.05, 4.69) is 5.32 Å². The normalized spacial score (nSPS) is 17.4. The Hall–Kier alpha value is -2.49. The van der Waals surface area contributed by atoms with Gasteiger partial charge in [0.2, 0.25) is 5.75 Å². The summed E-state index contributed by atoms with van der Waals surface area (Å²) in [6, 6.07) is 2.49. The van der Waals surface area contributed by atoms with Crippen LogP contribution in [0.25, 0.3) is 0 Å². The molecule has 1 aliphatic rings. The van der Waals surface area contributed by atoms with Gasteiger partial charge in [0.05, 0.1) is 36.9 Å². The van der Waals surface area contributed by atoms with Crippen LogP contribution < -0.4 is 19.5 Å². The fourth-order valence-electron chi connectivity index (χ4n) is 2.90. The average molecular weight is 429 g/mol. The predicted octanol–water partition coefficient (Wildman–Crippen LogP) is 1.34. The number of esters is 1. The first-order chi connectivity index (χ1) is 13.8. The van der Waals surface area contributed by atoms with Gasteiger partial charge in [-0.05, 0) is 39.3 Å². The molecular formula is C19H27NO8S. The summed E-state index contributed by atoms with van der Waals surface area (Å²) >= 11 is 0. The maximum Gasteiger partial charge on any atom is 0.338 e. The van der Waals surface area contributed by atoms with Crippen molar-refractivity contribution < 1.29 is 37.0 Å². The molecule has 0 saturated carbocycles. The number of sulfone groups is 1. The minimum absolute atomic E-state index is 0.0460. The number of nitrogens with one attached hydrogen (secondary N) is 1. The molecule has 1 heterocycles. The quantitative estimate of drug-likeness (QED) is 0.554. The number of benzene rings is 1. The molecule has 1 saturated heterocycles. The van der Waals surface area contributed by atoms with E-state index in [9.17, 15) is 18.0 Å². The maximum atomic E-state index is 12.4. The molecule has 1 aliphatic heterocycles. The van der Waals surface area contributed by atoms with E-state index in [1.807, 2.05) is 6.92 Å². The van der Waals surface area contributed by atoms with Gasteiger partial charge in [-0.3, -0.25) is 4.79 Å². The van der Waals surface area contributed by atoms with Gasteiger partial charge < -0.3 is 24.3 Å². The summed E-state index contributed by atoms with van der Waals surface area (Å²) in [7, 11) is -3.11. The molecule has 1 aromatic carbocycles. The van der Waals surface area contributed by atoms with Crippen LogP contribution in [0.4, 0.5) is 0 Å². The van der Waals surface area contributed by atoms with Gasteiger partial charge in [-0.25, -0.2) is 13.2 Å². The van der Waals surface area contributed by atoms with Crippen LogP contribution in [0.15, 0.2) is 12.1 Å². The lowest BCUT2D eigenvalue weighted by molar-refractivity contribution is -0.124. The molecule has 1 N–H and O–H groups in total. The Bertz CT molecular complexity index is 810. The molecule has 0 bridgehead atoms. The average Bonchev–Trinajstić information content (AvgIpc) is 3.00. The molecule has 2 rings (SSSR count). The van der Waals surface area contributed by atoms with E-state index in [1.54, 1.807) is 13.8 Å². The Morgan fingerprint density at radius 3 is 2.10 bits per heavy atom. The van der Waals surface area contributed by atoms with Gasteiger partial charge in [0.25, 0.3) is 5.91 Å². The van der Waals surface area contributed by atoms with Gasteiger partial charge in [0.1, 0.15) is 0 Å². The second-order valence-corrected chi connectivity index (χ2v) is 8.57. The minimum Gasteiger partial charge on any atom is -0.490 e. The summed E-state index contributed by atoms with van der Waals surface area (Å²) in [6.07, 6.45) is 0.357. The molecule has 9 nitrogen and oxygen atoms in total. The number of hydrogen-bond acceptors (Lipinski definition) is 8. The molecule has 1 aromatic rings. The van der Waals surface area contributed by atoms with Gasteiger partial charge in [0, 0.05) is 6.04 Å². The number of hydrogen-bond donors (Lipinski definition) is 1.